The van der Waals surface area contributed by atoms with Gasteiger partial charge in [0, 0.05) is 20.7 Å². The maximum atomic E-state index is 11.4. The van der Waals surface area contributed by atoms with E-state index in [1.807, 2.05) is 24.3 Å². The van der Waals surface area contributed by atoms with E-state index in [-0.39, 0.29) is 5.91 Å². The molecule has 2 aromatic rings. The normalized spacial score (nSPS) is 13.5. The molecule has 0 bridgehead atoms. The third-order valence-electron chi connectivity index (χ3n) is 3.37. The Balaban J connectivity index is 1.94. The van der Waals surface area contributed by atoms with E-state index >= 15 is 0 Å². The zero-order valence-corrected chi connectivity index (χ0v) is 14.0. The van der Waals surface area contributed by atoms with Crippen molar-refractivity contribution in [1.29, 1.82) is 0 Å². The predicted octanol–water partition coefficient (Wildman–Crippen LogP) is 4.16. The molecule has 4 N–H and O–H groups in total. The highest BCUT2D eigenvalue weighted by molar-refractivity contribution is 14.1. The standard InChI is InChI=1S/C15H13ClIN3O/c16-9-2-3-12(10(17)6-9)19-14-5-8-1-4-15(21)20-13(8)7-11(14)18/h2-3,5-7,19H,1,4,18H2,(H,20,21). The summed E-state index contributed by atoms with van der Waals surface area (Å²) in [6, 6.07) is 9.44. The zero-order valence-electron chi connectivity index (χ0n) is 11.0. The summed E-state index contributed by atoms with van der Waals surface area (Å²) in [6.07, 6.45) is 1.24. The van der Waals surface area contributed by atoms with Crippen LogP contribution in [0.1, 0.15) is 12.0 Å². The van der Waals surface area contributed by atoms with Crippen molar-refractivity contribution < 1.29 is 4.79 Å². The van der Waals surface area contributed by atoms with Gasteiger partial charge in [-0.1, -0.05) is 11.6 Å². The molecule has 21 heavy (non-hydrogen) atoms. The fourth-order valence-electron chi connectivity index (χ4n) is 2.29. The molecule has 6 heteroatoms. The first-order valence-electron chi connectivity index (χ1n) is 6.47. The van der Waals surface area contributed by atoms with Crippen molar-refractivity contribution in [2.45, 2.75) is 12.8 Å². The van der Waals surface area contributed by atoms with Gasteiger partial charge in [0.2, 0.25) is 5.91 Å². The molecule has 4 nitrogen and oxygen atoms in total. The van der Waals surface area contributed by atoms with E-state index in [4.69, 9.17) is 17.3 Å². The summed E-state index contributed by atoms with van der Waals surface area (Å²) in [5, 5.41) is 6.87. The van der Waals surface area contributed by atoms with Gasteiger partial charge in [-0.3, -0.25) is 4.79 Å². The van der Waals surface area contributed by atoms with Gasteiger partial charge < -0.3 is 16.4 Å². The Morgan fingerprint density at radius 1 is 1.19 bits per heavy atom. The molecule has 0 aliphatic carbocycles. The van der Waals surface area contributed by atoms with Gasteiger partial charge in [0.05, 0.1) is 17.1 Å². The second-order valence-electron chi connectivity index (χ2n) is 4.89. The van der Waals surface area contributed by atoms with E-state index in [1.165, 1.54) is 0 Å². The van der Waals surface area contributed by atoms with Crippen LogP contribution in [0, 0.1) is 3.57 Å². The number of amides is 1. The number of hydrogen-bond donors (Lipinski definition) is 3. The summed E-state index contributed by atoms with van der Waals surface area (Å²) in [5.41, 5.74) is 10.4. The summed E-state index contributed by atoms with van der Waals surface area (Å²) in [5.74, 6) is 0.0369. The lowest BCUT2D eigenvalue weighted by molar-refractivity contribution is -0.116. The Kier molecular flexibility index (Phi) is 3.95. The van der Waals surface area contributed by atoms with Crippen LogP contribution in [0.3, 0.4) is 0 Å². The number of nitrogens with two attached hydrogens (primary N) is 1. The fourth-order valence-corrected chi connectivity index (χ4v) is 3.30. The van der Waals surface area contributed by atoms with Gasteiger partial charge in [-0.05, 0) is 64.9 Å². The minimum atomic E-state index is 0.0369. The smallest absolute Gasteiger partial charge is 0.224 e. The van der Waals surface area contributed by atoms with Crippen LogP contribution in [0.25, 0.3) is 0 Å². The number of aryl methyl sites for hydroxylation is 1. The van der Waals surface area contributed by atoms with Gasteiger partial charge in [0.1, 0.15) is 0 Å². The van der Waals surface area contributed by atoms with Crippen molar-refractivity contribution in [1.82, 2.24) is 0 Å². The quantitative estimate of drug-likeness (QED) is 0.512. The number of halogens is 2. The number of rotatable bonds is 2. The summed E-state index contributed by atoms with van der Waals surface area (Å²) >= 11 is 8.19. The first-order valence-corrected chi connectivity index (χ1v) is 7.93. The van der Waals surface area contributed by atoms with Gasteiger partial charge in [-0.15, -0.1) is 0 Å². The van der Waals surface area contributed by atoms with Crippen molar-refractivity contribution in [2.75, 3.05) is 16.4 Å². The summed E-state index contributed by atoms with van der Waals surface area (Å²) in [7, 11) is 0. The molecule has 0 atom stereocenters. The second kappa shape index (κ2) is 5.73. The lowest BCUT2D eigenvalue weighted by Gasteiger charge is -2.20. The van der Waals surface area contributed by atoms with Crippen molar-refractivity contribution >= 4 is 62.8 Å². The van der Waals surface area contributed by atoms with Gasteiger partial charge in [0.25, 0.3) is 0 Å². The Morgan fingerprint density at radius 3 is 2.76 bits per heavy atom. The van der Waals surface area contributed by atoms with Crippen molar-refractivity contribution in [3.63, 3.8) is 0 Å². The minimum Gasteiger partial charge on any atom is -0.397 e. The van der Waals surface area contributed by atoms with Crippen molar-refractivity contribution in [3.8, 4) is 0 Å². The van der Waals surface area contributed by atoms with E-state index in [2.05, 4.69) is 33.2 Å². The lowest BCUT2D eigenvalue weighted by atomic mass is 10.0. The van der Waals surface area contributed by atoms with E-state index < -0.39 is 0 Å². The molecule has 1 aliphatic rings. The molecule has 1 amide bonds. The molecule has 1 heterocycles. The molecule has 0 saturated carbocycles. The minimum absolute atomic E-state index is 0.0369. The van der Waals surface area contributed by atoms with Gasteiger partial charge >= 0.3 is 0 Å². The molecule has 0 unspecified atom stereocenters. The zero-order chi connectivity index (χ0) is 15.0. The molecule has 1 aliphatic heterocycles. The summed E-state index contributed by atoms with van der Waals surface area (Å²) in [4.78, 5) is 11.4. The Labute approximate surface area is 141 Å². The lowest BCUT2D eigenvalue weighted by Crippen LogP contribution is -2.19. The Bertz CT molecular complexity index is 733. The fraction of sp³-hybridized carbons (Fsp3) is 0.133. The van der Waals surface area contributed by atoms with Crippen LogP contribution in [0.4, 0.5) is 22.7 Å². The topological polar surface area (TPSA) is 67.1 Å². The Hall–Kier alpha value is -1.47. The van der Waals surface area contributed by atoms with Gasteiger partial charge in [0.15, 0.2) is 0 Å². The average molecular weight is 414 g/mol. The van der Waals surface area contributed by atoms with Crippen LogP contribution in [-0.4, -0.2) is 5.91 Å². The van der Waals surface area contributed by atoms with Gasteiger partial charge in [-0.25, -0.2) is 0 Å². The van der Waals surface area contributed by atoms with Crippen molar-refractivity contribution in [3.05, 3.63) is 44.5 Å². The van der Waals surface area contributed by atoms with Crippen LogP contribution in [0.2, 0.25) is 5.02 Å². The van der Waals surface area contributed by atoms with E-state index in [0.717, 1.165) is 32.6 Å². The number of carbonyl (C=O) groups excluding carboxylic acids is 1. The predicted molar refractivity (Wildman–Crippen MR) is 95.3 cm³/mol. The van der Waals surface area contributed by atoms with Crippen molar-refractivity contribution in [2.24, 2.45) is 0 Å². The van der Waals surface area contributed by atoms with E-state index in [9.17, 15) is 4.79 Å². The van der Waals surface area contributed by atoms with E-state index in [1.54, 1.807) is 6.07 Å². The second-order valence-corrected chi connectivity index (χ2v) is 6.49. The molecular weight excluding hydrogens is 401 g/mol. The number of nitrogens with one attached hydrogen (secondary N) is 2. The number of nitrogen functional groups attached to an aromatic ring is 1. The first kappa shape index (κ1) is 14.5. The largest absolute Gasteiger partial charge is 0.397 e. The molecular formula is C15H13ClIN3O. The Morgan fingerprint density at radius 2 is 2.00 bits per heavy atom. The van der Waals surface area contributed by atoms with Crippen LogP contribution >= 0.6 is 34.2 Å². The number of carbonyl (C=O) groups is 1. The molecule has 0 aromatic heterocycles. The average Bonchev–Trinajstić information content (AvgIpc) is 2.42. The summed E-state index contributed by atoms with van der Waals surface area (Å²) in [6.45, 7) is 0. The molecule has 0 radical (unpaired) electrons. The molecule has 3 rings (SSSR count). The third kappa shape index (κ3) is 3.08. The summed E-state index contributed by atoms with van der Waals surface area (Å²) < 4.78 is 1.02. The highest BCUT2D eigenvalue weighted by Gasteiger charge is 2.17. The maximum Gasteiger partial charge on any atom is 0.224 e. The van der Waals surface area contributed by atoms with Crippen LogP contribution < -0.4 is 16.4 Å². The van der Waals surface area contributed by atoms with Crippen LogP contribution in [-0.2, 0) is 11.2 Å². The van der Waals surface area contributed by atoms with Crippen LogP contribution in [0.5, 0.6) is 0 Å². The highest BCUT2D eigenvalue weighted by Crippen LogP contribution is 2.34. The SMILES string of the molecule is Nc1cc2c(cc1Nc1ccc(Cl)cc1I)CCC(=O)N2. The van der Waals surface area contributed by atoms with E-state index in [0.29, 0.717) is 17.1 Å². The maximum absolute atomic E-state index is 11.4. The number of fused-ring (bicyclic) bond motifs is 1. The van der Waals surface area contributed by atoms with Crippen LogP contribution in [0.15, 0.2) is 30.3 Å². The number of anilines is 4. The first-order chi connectivity index (χ1) is 10.0. The molecule has 0 saturated heterocycles. The number of benzene rings is 2. The molecule has 0 fully saturated rings. The molecule has 0 spiro atoms. The molecule has 2 aromatic carbocycles. The monoisotopic (exact) mass is 413 g/mol. The molecule has 108 valence electrons. The van der Waals surface area contributed by atoms with Gasteiger partial charge in [-0.2, -0.15) is 0 Å². The third-order valence-corrected chi connectivity index (χ3v) is 4.50. The number of hydrogen-bond acceptors (Lipinski definition) is 3. The highest BCUT2D eigenvalue weighted by atomic mass is 127.